The van der Waals surface area contributed by atoms with E-state index in [1.807, 2.05) is 55.1 Å². The molecule has 1 amide bonds. The lowest BCUT2D eigenvalue weighted by atomic mass is 10.1. The fourth-order valence-corrected chi connectivity index (χ4v) is 3.52. The van der Waals surface area contributed by atoms with Crippen molar-refractivity contribution in [1.29, 1.82) is 0 Å². The Balaban J connectivity index is 1.49. The molecular formula is C21H24N6O. The van der Waals surface area contributed by atoms with E-state index in [0.717, 1.165) is 28.8 Å². The van der Waals surface area contributed by atoms with Gasteiger partial charge in [0.25, 0.3) is 5.91 Å². The molecule has 7 nitrogen and oxygen atoms in total. The largest absolute Gasteiger partial charge is 0.370 e. The van der Waals surface area contributed by atoms with E-state index in [1.54, 1.807) is 6.20 Å². The number of aryl methyl sites for hydroxylation is 1. The Morgan fingerprint density at radius 2 is 1.89 bits per heavy atom. The second-order valence-electron chi connectivity index (χ2n) is 6.88. The van der Waals surface area contributed by atoms with Crippen molar-refractivity contribution < 1.29 is 4.79 Å². The molecule has 0 saturated carbocycles. The van der Waals surface area contributed by atoms with Crippen molar-refractivity contribution in [2.24, 2.45) is 0 Å². The summed E-state index contributed by atoms with van der Waals surface area (Å²) in [6.45, 7) is 7.48. The number of carbonyl (C=O) groups is 1. The normalized spacial score (nSPS) is 14.4. The highest BCUT2D eigenvalue weighted by Gasteiger charge is 2.25. The molecule has 144 valence electrons. The minimum absolute atomic E-state index is 0.0186. The Morgan fingerprint density at radius 3 is 2.68 bits per heavy atom. The Kier molecular flexibility index (Phi) is 5.06. The van der Waals surface area contributed by atoms with Crippen molar-refractivity contribution in [3.8, 4) is 0 Å². The monoisotopic (exact) mass is 376 g/mol. The van der Waals surface area contributed by atoms with Crippen molar-refractivity contribution in [3.63, 3.8) is 0 Å². The summed E-state index contributed by atoms with van der Waals surface area (Å²) in [6, 6.07) is 11.7. The summed E-state index contributed by atoms with van der Waals surface area (Å²) < 4.78 is 0. The number of aromatic nitrogens is 3. The first-order valence-corrected chi connectivity index (χ1v) is 9.63. The van der Waals surface area contributed by atoms with Gasteiger partial charge in [-0.3, -0.25) is 9.78 Å². The SMILES string of the molecule is CCNc1cc(C)nc(N2CCN(C(=O)c3nccc4ccccc34)CC2)n1. The van der Waals surface area contributed by atoms with Gasteiger partial charge in [0.15, 0.2) is 0 Å². The number of amides is 1. The van der Waals surface area contributed by atoms with E-state index in [0.29, 0.717) is 37.8 Å². The average molecular weight is 376 g/mol. The molecule has 4 rings (SSSR count). The maximum atomic E-state index is 13.1. The van der Waals surface area contributed by atoms with Crippen LogP contribution in [0.2, 0.25) is 0 Å². The maximum Gasteiger partial charge on any atom is 0.273 e. The number of piperazine rings is 1. The zero-order valence-electron chi connectivity index (χ0n) is 16.2. The van der Waals surface area contributed by atoms with Gasteiger partial charge in [0.05, 0.1) is 0 Å². The van der Waals surface area contributed by atoms with Crippen LogP contribution in [0.25, 0.3) is 10.8 Å². The molecule has 0 bridgehead atoms. The third kappa shape index (κ3) is 3.60. The predicted molar refractivity (Wildman–Crippen MR) is 111 cm³/mol. The van der Waals surface area contributed by atoms with E-state index < -0.39 is 0 Å². The highest BCUT2D eigenvalue weighted by molar-refractivity contribution is 6.05. The fraction of sp³-hybridized carbons (Fsp3) is 0.333. The fourth-order valence-electron chi connectivity index (χ4n) is 3.52. The minimum atomic E-state index is -0.0186. The van der Waals surface area contributed by atoms with Crippen LogP contribution in [0.1, 0.15) is 23.1 Å². The van der Waals surface area contributed by atoms with E-state index in [-0.39, 0.29) is 5.91 Å². The van der Waals surface area contributed by atoms with E-state index >= 15 is 0 Å². The number of nitrogens with zero attached hydrogens (tertiary/aromatic N) is 5. The van der Waals surface area contributed by atoms with Crippen LogP contribution in [0.4, 0.5) is 11.8 Å². The van der Waals surface area contributed by atoms with Crippen molar-refractivity contribution in [2.45, 2.75) is 13.8 Å². The number of fused-ring (bicyclic) bond motifs is 1. The maximum absolute atomic E-state index is 13.1. The molecule has 0 atom stereocenters. The second kappa shape index (κ2) is 7.80. The molecule has 7 heteroatoms. The molecule has 1 N–H and O–H groups in total. The number of anilines is 2. The summed E-state index contributed by atoms with van der Waals surface area (Å²) in [5, 5.41) is 5.17. The van der Waals surface area contributed by atoms with Crippen molar-refractivity contribution in [1.82, 2.24) is 19.9 Å². The first-order valence-electron chi connectivity index (χ1n) is 9.63. The van der Waals surface area contributed by atoms with Crippen LogP contribution in [0.5, 0.6) is 0 Å². The Bertz CT molecular complexity index is 992. The van der Waals surface area contributed by atoms with Gasteiger partial charge in [-0.25, -0.2) is 4.98 Å². The lowest BCUT2D eigenvalue weighted by molar-refractivity contribution is 0.0742. The number of pyridine rings is 1. The van der Waals surface area contributed by atoms with Gasteiger partial charge < -0.3 is 15.1 Å². The molecule has 1 saturated heterocycles. The van der Waals surface area contributed by atoms with Gasteiger partial charge >= 0.3 is 0 Å². The number of hydrogen-bond acceptors (Lipinski definition) is 6. The topological polar surface area (TPSA) is 74.2 Å². The summed E-state index contributed by atoms with van der Waals surface area (Å²) in [6.07, 6.45) is 1.70. The van der Waals surface area contributed by atoms with Gasteiger partial charge in [0, 0.05) is 56.1 Å². The van der Waals surface area contributed by atoms with Gasteiger partial charge in [-0.15, -0.1) is 0 Å². The van der Waals surface area contributed by atoms with E-state index in [2.05, 4.69) is 25.2 Å². The molecule has 0 radical (unpaired) electrons. The molecule has 0 unspecified atom stereocenters. The Morgan fingerprint density at radius 1 is 1.11 bits per heavy atom. The molecule has 1 aliphatic rings. The van der Waals surface area contributed by atoms with Crippen LogP contribution in [-0.2, 0) is 0 Å². The van der Waals surface area contributed by atoms with Gasteiger partial charge in [0.2, 0.25) is 5.95 Å². The quantitative estimate of drug-likeness (QED) is 0.755. The molecule has 0 aliphatic carbocycles. The first kappa shape index (κ1) is 18.2. The average Bonchev–Trinajstić information content (AvgIpc) is 2.73. The molecule has 1 aromatic carbocycles. The molecule has 3 aromatic rings. The van der Waals surface area contributed by atoms with Gasteiger partial charge in [-0.1, -0.05) is 24.3 Å². The van der Waals surface area contributed by atoms with Crippen molar-refractivity contribution in [2.75, 3.05) is 42.9 Å². The third-order valence-corrected chi connectivity index (χ3v) is 4.93. The third-order valence-electron chi connectivity index (χ3n) is 4.93. The smallest absolute Gasteiger partial charge is 0.273 e. The van der Waals surface area contributed by atoms with Crippen LogP contribution in [0.15, 0.2) is 42.6 Å². The van der Waals surface area contributed by atoms with Gasteiger partial charge in [-0.2, -0.15) is 4.98 Å². The summed E-state index contributed by atoms with van der Waals surface area (Å²) in [5.41, 5.74) is 1.45. The summed E-state index contributed by atoms with van der Waals surface area (Å²) in [5.74, 6) is 1.53. The van der Waals surface area contributed by atoms with Crippen LogP contribution in [0.3, 0.4) is 0 Å². The van der Waals surface area contributed by atoms with Crippen molar-refractivity contribution >= 4 is 28.4 Å². The zero-order valence-corrected chi connectivity index (χ0v) is 16.2. The van der Waals surface area contributed by atoms with Gasteiger partial charge in [0.1, 0.15) is 11.5 Å². The molecule has 28 heavy (non-hydrogen) atoms. The number of carbonyl (C=O) groups excluding carboxylic acids is 1. The van der Waals surface area contributed by atoms with Crippen LogP contribution >= 0.6 is 0 Å². The number of benzene rings is 1. The lowest BCUT2D eigenvalue weighted by Crippen LogP contribution is -2.49. The minimum Gasteiger partial charge on any atom is -0.370 e. The molecule has 0 spiro atoms. The molecule has 3 heterocycles. The van der Waals surface area contributed by atoms with Crippen LogP contribution in [0, 0.1) is 6.92 Å². The van der Waals surface area contributed by atoms with E-state index in [9.17, 15) is 4.79 Å². The standard InChI is InChI=1S/C21H24N6O/c1-3-22-18-14-15(2)24-21(25-18)27-12-10-26(11-13-27)20(28)19-17-7-5-4-6-16(17)8-9-23-19/h4-9,14H,3,10-13H2,1-2H3,(H,22,24,25). The van der Waals surface area contributed by atoms with Crippen LogP contribution < -0.4 is 10.2 Å². The Hall–Kier alpha value is -3.22. The predicted octanol–water partition coefficient (Wildman–Crippen LogP) is 2.73. The van der Waals surface area contributed by atoms with E-state index in [4.69, 9.17) is 0 Å². The number of nitrogens with one attached hydrogen (secondary N) is 1. The number of rotatable bonds is 4. The highest BCUT2D eigenvalue weighted by atomic mass is 16.2. The molecular weight excluding hydrogens is 352 g/mol. The highest BCUT2D eigenvalue weighted by Crippen LogP contribution is 2.20. The van der Waals surface area contributed by atoms with Crippen molar-refractivity contribution in [3.05, 3.63) is 54.0 Å². The second-order valence-corrected chi connectivity index (χ2v) is 6.88. The van der Waals surface area contributed by atoms with E-state index in [1.165, 1.54) is 0 Å². The first-order chi connectivity index (χ1) is 13.7. The zero-order chi connectivity index (χ0) is 19.5. The number of hydrogen-bond donors (Lipinski definition) is 1. The van der Waals surface area contributed by atoms with Crippen LogP contribution in [-0.4, -0.2) is 58.5 Å². The van der Waals surface area contributed by atoms with Gasteiger partial charge in [-0.05, 0) is 25.3 Å². The summed E-state index contributed by atoms with van der Waals surface area (Å²) in [7, 11) is 0. The molecule has 1 fully saturated rings. The Labute approximate surface area is 164 Å². The summed E-state index contributed by atoms with van der Waals surface area (Å²) in [4.78, 5) is 30.6. The molecule has 2 aromatic heterocycles. The lowest BCUT2D eigenvalue weighted by Gasteiger charge is -2.34. The molecule has 1 aliphatic heterocycles. The summed E-state index contributed by atoms with van der Waals surface area (Å²) >= 11 is 0.